The van der Waals surface area contributed by atoms with Crippen LogP contribution in [-0.2, 0) is 17.4 Å². The van der Waals surface area contributed by atoms with Crippen LogP contribution >= 0.6 is 0 Å². The Balaban J connectivity index is 1.91. The summed E-state index contributed by atoms with van der Waals surface area (Å²) in [6, 6.07) is 19.3. The second-order valence-corrected chi connectivity index (χ2v) is 9.06. The van der Waals surface area contributed by atoms with E-state index in [-0.39, 0.29) is 11.9 Å². The van der Waals surface area contributed by atoms with Gasteiger partial charge in [0, 0.05) is 12.6 Å². The van der Waals surface area contributed by atoms with Crippen molar-refractivity contribution in [3.05, 3.63) is 95.1 Å². The van der Waals surface area contributed by atoms with Crippen molar-refractivity contribution in [3.63, 3.8) is 0 Å². The molecule has 3 aromatic carbocycles. The number of carbonyl (C=O) groups excluding carboxylic acids is 1. The van der Waals surface area contributed by atoms with Gasteiger partial charge in [0.15, 0.2) is 11.5 Å². The van der Waals surface area contributed by atoms with Gasteiger partial charge in [-0.2, -0.15) is 13.2 Å². The predicted octanol–water partition coefficient (Wildman–Crippen LogP) is 6.64. The number of alkyl halides is 3. The number of halogens is 3. The normalized spacial score (nSPS) is 13.0. The van der Waals surface area contributed by atoms with Crippen molar-refractivity contribution in [1.82, 2.24) is 10.6 Å². The highest BCUT2D eigenvalue weighted by Gasteiger charge is 2.30. The molecule has 0 saturated heterocycles. The van der Waals surface area contributed by atoms with E-state index >= 15 is 0 Å². The van der Waals surface area contributed by atoms with Crippen LogP contribution in [-0.4, -0.2) is 26.7 Å². The molecule has 204 valence electrons. The van der Waals surface area contributed by atoms with Crippen LogP contribution in [0.15, 0.2) is 72.8 Å². The Morgan fingerprint density at radius 1 is 0.895 bits per heavy atom. The quantitative estimate of drug-likeness (QED) is 0.244. The van der Waals surface area contributed by atoms with E-state index in [0.717, 1.165) is 41.7 Å². The van der Waals surface area contributed by atoms with Crippen molar-refractivity contribution < 1.29 is 27.4 Å². The Kier molecular flexibility index (Phi) is 10.6. The number of aryl methyl sites for hydroxylation is 1. The second-order valence-electron chi connectivity index (χ2n) is 9.06. The summed E-state index contributed by atoms with van der Waals surface area (Å²) in [6.07, 6.45) is -1.50. The molecule has 1 amide bonds. The fraction of sp³-hybridized carbons (Fsp3) is 0.367. The minimum absolute atomic E-state index is 0.135. The maximum Gasteiger partial charge on any atom is 0.416 e. The van der Waals surface area contributed by atoms with E-state index in [1.807, 2.05) is 42.5 Å². The summed E-state index contributed by atoms with van der Waals surface area (Å²) in [6.45, 7) is 2.64. The first kappa shape index (κ1) is 29.0. The molecule has 0 heterocycles. The average molecular weight is 529 g/mol. The maximum atomic E-state index is 13.3. The number of ether oxygens (including phenoxy) is 2. The maximum absolute atomic E-state index is 13.3. The van der Waals surface area contributed by atoms with Gasteiger partial charge in [-0.15, -0.1) is 0 Å². The van der Waals surface area contributed by atoms with Crippen molar-refractivity contribution >= 4 is 5.91 Å². The van der Waals surface area contributed by atoms with Crippen LogP contribution in [0, 0.1) is 0 Å². The molecule has 0 aliphatic heterocycles. The van der Waals surface area contributed by atoms with Gasteiger partial charge in [0.25, 0.3) is 0 Å². The van der Waals surface area contributed by atoms with Gasteiger partial charge in [-0.3, -0.25) is 10.1 Å². The van der Waals surface area contributed by atoms with Gasteiger partial charge < -0.3 is 14.8 Å². The van der Waals surface area contributed by atoms with Crippen molar-refractivity contribution in [2.45, 2.75) is 50.9 Å². The van der Waals surface area contributed by atoms with Crippen molar-refractivity contribution in [2.24, 2.45) is 0 Å². The Morgan fingerprint density at radius 2 is 1.58 bits per heavy atom. The first-order valence-electron chi connectivity index (χ1n) is 12.7. The van der Waals surface area contributed by atoms with E-state index in [0.29, 0.717) is 30.9 Å². The molecule has 3 aromatic rings. The number of unbranched alkanes of at least 4 members (excludes halogenated alkanes) is 1. The zero-order valence-electron chi connectivity index (χ0n) is 22.0. The van der Waals surface area contributed by atoms with Gasteiger partial charge in [-0.05, 0) is 60.2 Å². The molecule has 8 heteroatoms. The minimum Gasteiger partial charge on any atom is -0.493 e. The summed E-state index contributed by atoms with van der Waals surface area (Å²) < 4.78 is 49.9. The van der Waals surface area contributed by atoms with Gasteiger partial charge in [-0.25, -0.2) is 0 Å². The van der Waals surface area contributed by atoms with Gasteiger partial charge in [0.2, 0.25) is 5.91 Å². The Morgan fingerprint density at radius 3 is 2.18 bits per heavy atom. The Labute approximate surface area is 222 Å². The van der Waals surface area contributed by atoms with E-state index in [4.69, 9.17) is 9.47 Å². The number of amides is 1. The zero-order valence-corrected chi connectivity index (χ0v) is 22.0. The van der Waals surface area contributed by atoms with Crippen LogP contribution in [0.3, 0.4) is 0 Å². The standard InChI is InChI=1S/C30H35F3N2O3/c1-4-5-19-34-29(36)28(22-9-7-6-8-10-22)35-25(23-14-18-26(37-2)27(20-23)38-3)17-13-21-11-15-24(16-12-21)30(31,32)33/h6-12,14-16,18,20,25,28,35H,4-5,13,17,19H2,1-3H3,(H,34,36)/t25?,28-/m1/s1. The minimum atomic E-state index is -4.38. The third-order valence-electron chi connectivity index (χ3n) is 6.41. The van der Waals surface area contributed by atoms with Crippen LogP contribution in [0.1, 0.15) is 60.5 Å². The lowest BCUT2D eigenvalue weighted by Crippen LogP contribution is -2.39. The summed E-state index contributed by atoms with van der Waals surface area (Å²) in [4.78, 5) is 13.3. The van der Waals surface area contributed by atoms with Crippen molar-refractivity contribution in [1.29, 1.82) is 0 Å². The van der Waals surface area contributed by atoms with Crippen LogP contribution in [0.5, 0.6) is 11.5 Å². The second kappa shape index (κ2) is 13.9. The third kappa shape index (κ3) is 7.99. The van der Waals surface area contributed by atoms with Gasteiger partial charge in [0.1, 0.15) is 6.04 Å². The molecule has 5 nitrogen and oxygen atoms in total. The largest absolute Gasteiger partial charge is 0.493 e. The number of hydrogen-bond donors (Lipinski definition) is 2. The molecule has 2 N–H and O–H groups in total. The molecule has 0 spiro atoms. The van der Waals surface area contributed by atoms with E-state index < -0.39 is 17.8 Å². The van der Waals surface area contributed by atoms with Crippen LogP contribution < -0.4 is 20.1 Å². The first-order chi connectivity index (χ1) is 18.3. The molecule has 0 bridgehead atoms. The lowest BCUT2D eigenvalue weighted by atomic mass is 9.95. The highest BCUT2D eigenvalue weighted by atomic mass is 19.4. The highest BCUT2D eigenvalue weighted by molar-refractivity contribution is 5.83. The van der Waals surface area contributed by atoms with Crippen LogP contribution in [0.2, 0.25) is 0 Å². The highest BCUT2D eigenvalue weighted by Crippen LogP contribution is 2.33. The molecule has 0 fully saturated rings. The lowest BCUT2D eigenvalue weighted by Gasteiger charge is -2.27. The molecular formula is C30H35F3N2O3. The summed E-state index contributed by atoms with van der Waals surface area (Å²) >= 11 is 0. The summed E-state index contributed by atoms with van der Waals surface area (Å²) in [5.41, 5.74) is 1.79. The fourth-order valence-electron chi connectivity index (χ4n) is 4.25. The van der Waals surface area contributed by atoms with Gasteiger partial charge in [0.05, 0.1) is 19.8 Å². The molecule has 1 unspecified atom stereocenters. The number of carbonyl (C=O) groups is 1. The Hall–Kier alpha value is -3.52. The SMILES string of the molecule is CCCCNC(=O)[C@H](NC(CCc1ccc(C(F)(F)F)cc1)c1ccc(OC)c(OC)c1)c1ccccc1. The van der Waals surface area contributed by atoms with Gasteiger partial charge in [-0.1, -0.05) is 61.9 Å². The number of hydrogen-bond acceptors (Lipinski definition) is 4. The molecule has 3 rings (SSSR count). The van der Waals surface area contributed by atoms with E-state index in [9.17, 15) is 18.0 Å². The summed E-state index contributed by atoms with van der Waals surface area (Å²) in [5.74, 6) is 0.995. The summed E-state index contributed by atoms with van der Waals surface area (Å²) in [7, 11) is 3.12. The number of benzene rings is 3. The number of methoxy groups -OCH3 is 2. The molecule has 0 saturated carbocycles. The molecule has 0 aromatic heterocycles. The smallest absolute Gasteiger partial charge is 0.416 e. The summed E-state index contributed by atoms with van der Waals surface area (Å²) in [5, 5.41) is 6.54. The van der Waals surface area contributed by atoms with Crippen molar-refractivity contribution in [3.8, 4) is 11.5 Å². The van der Waals surface area contributed by atoms with E-state index in [1.54, 1.807) is 20.3 Å². The predicted molar refractivity (Wildman–Crippen MR) is 142 cm³/mol. The van der Waals surface area contributed by atoms with Crippen molar-refractivity contribution in [2.75, 3.05) is 20.8 Å². The molecule has 0 aliphatic carbocycles. The average Bonchev–Trinajstić information content (AvgIpc) is 2.93. The molecule has 38 heavy (non-hydrogen) atoms. The van der Waals surface area contributed by atoms with Crippen LogP contribution in [0.25, 0.3) is 0 Å². The molecular weight excluding hydrogens is 493 g/mol. The van der Waals surface area contributed by atoms with Gasteiger partial charge >= 0.3 is 6.18 Å². The molecule has 0 radical (unpaired) electrons. The lowest BCUT2D eigenvalue weighted by molar-refractivity contribution is -0.137. The third-order valence-corrected chi connectivity index (χ3v) is 6.41. The van der Waals surface area contributed by atoms with E-state index in [2.05, 4.69) is 17.6 Å². The monoisotopic (exact) mass is 528 g/mol. The molecule has 2 atom stereocenters. The van der Waals surface area contributed by atoms with Crippen LogP contribution in [0.4, 0.5) is 13.2 Å². The number of rotatable bonds is 13. The molecule has 0 aliphatic rings. The Bertz CT molecular complexity index is 1150. The zero-order chi connectivity index (χ0) is 27.5. The fourth-order valence-corrected chi connectivity index (χ4v) is 4.25. The first-order valence-corrected chi connectivity index (χ1v) is 12.7. The topological polar surface area (TPSA) is 59.6 Å². The van der Waals surface area contributed by atoms with E-state index in [1.165, 1.54) is 12.1 Å². The number of nitrogens with one attached hydrogen (secondary N) is 2.